The molecule has 2 nitrogen and oxygen atoms in total. The molecule has 14 heavy (non-hydrogen) atoms. The van der Waals surface area contributed by atoms with Crippen molar-refractivity contribution in [2.24, 2.45) is 0 Å². The monoisotopic (exact) mass is 212 g/mol. The van der Waals surface area contributed by atoms with E-state index in [0.717, 1.165) is 30.7 Å². The summed E-state index contributed by atoms with van der Waals surface area (Å²) in [6, 6.07) is 2.05. The van der Waals surface area contributed by atoms with E-state index < -0.39 is 0 Å². The Morgan fingerprint density at radius 2 is 2.57 bits per heavy atom. The van der Waals surface area contributed by atoms with Crippen molar-refractivity contribution in [1.29, 1.82) is 0 Å². The van der Waals surface area contributed by atoms with Crippen molar-refractivity contribution in [1.82, 2.24) is 0 Å². The molecule has 0 aliphatic carbocycles. The first-order valence-corrected chi connectivity index (χ1v) is 5.99. The molecule has 1 aromatic heterocycles. The van der Waals surface area contributed by atoms with Gasteiger partial charge in [0.1, 0.15) is 0 Å². The molecule has 0 radical (unpaired) electrons. The van der Waals surface area contributed by atoms with Crippen LogP contribution >= 0.6 is 11.3 Å². The van der Waals surface area contributed by atoms with E-state index in [9.17, 15) is 5.11 Å². The predicted molar refractivity (Wildman–Crippen MR) is 57.6 cm³/mol. The fourth-order valence-corrected chi connectivity index (χ4v) is 2.84. The smallest absolute Gasteiger partial charge is 0.0909 e. The Morgan fingerprint density at radius 1 is 1.71 bits per heavy atom. The lowest BCUT2D eigenvalue weighted by molar-refractivity contribution is 0.0546. The second kappa shape index (κ2) is 4.43. The van der Waals surface area contributed by atoms with E-state index in [1.165, 1.54) is 5.56 Å². The molecular formula is C11H16O2S. The zero-order valence-corrected chi connectivity index (χ0v) is 9.22. The van der Waals surface area contributed by atoms with E-state index in [1.807, 2.05) is 12.3 Å². The molecule has 78 valence electrons. The number of thiophene rings is 1. The summed E-state index contributed by atoms with van der Waals surface area (Å²) in [4.78, 5) is 1.10. The molecule has 2 heterocycles. The van der Waals surface area contributed by atoms with E-state index in [4.69, 9.17) is 4.74 Å². The van der Waals surface area contributed by atoms with Gasteiger partial charge in [-0.05, 0) is 36.8 Å². The molecule has 0 spiro atoms. The van der Waals surface area contributed by atoms with Crippen molar-refractivity contribution < 1.29 is 9.84 Å². The van der Waals surface area contributed by atoms with Gasteiger partial charge in [0.2, 0.25) is 0 Å². The molecule has 0 amide bonds. The SMILES string of the molecule is Cc1ccsc1C(O)CC1CCCO1. The fraction of sp³-hybridized carbons (Fsp3) is 0.636. The summed E-state index contributed by atoms with van der Waals surface area (Å²) in [7, 11) is 0. The van der Waals surface area contributed by atoms with Crippen LogP contribution in [0.2, 0.25) is 0 Å². The maximum atomic E-state index is 9.98. The van der Waals surface area contributed by atoms with Gasteiger partial charge in [0.05, 0.1) is 12.2 Å². The Balaban J connectivity index is 1.95. The maximum Gasteiger partial charge on any atom is 0.0909 e. The van der Waals surface area contributed by atoms with Crippen LogP contribution in [0.5, 0.6) is 0 Å². The second-order valence-corrected chi connectivity index (χ2v) is 4.80. The molecule has 0 aromatic carbocycles. The summed E-state index contributed by atoms with van der Waals surface area (Å²) in [5.41, 5.74) is 1.19. The van der Waals surface area contributed by atoms with Crippen LogP contribution in [-0.4, -0.2) is 17.8 Å². The van der Waals surface area contributed by atoms with Crippen molar-refractivity contribution in [3.05, 3.63) is 21.9 Å². The second-order valence-electron chi connectivity index (χ2n) is 3.85. The highest BCUT2D eigenvalue weighted by molar-refractivity contribution is 7.10. The van der Waals surface area contributed by atoms with Gasteiger partial charge in [0.25, 0.3) is 0 Å². The van der Waals surface area contributed by atoms with Crippen LogP contribution < -0.4 is 0 Å². The first kappa shape index (κ1) is 10.1. The van der Waals surface area contributed by atoms with Crippen LogP contribution in [0.1, 0.15) is 35.8 Å². The van der Waals surface area contributed by atoms with Crippen LogP contribution in [-0.2, 0) is 4.74 Å². The van der Waals surface area contributed by atoms with Gasteiger partial charge < -0.3 is 9.84 Å². The molecular weight excluding hydrogens is 196 g/mol. The number of aryl methyl sites for hydroxylation is 1. The minimum atomic E-state index is -0.335. The molecule has 0 saturated carbocycles. The van der Waals surface area contributed by atoms with E-state index >= 15 is 0 Å². The topological polar surface area (TPSA) is 29.5 Å². The number of rotatable bonds is 3. The summed E-state index contributed by atoms with van der Waals surface area (Å²) in [6.45, 7) is 2.91. The number of aliphatic hydroxyl groups excluding tert-OH is 1. The van der Waals surface area contributed by atoms with E-state index in [1.54, 1.807) is 11.3 Å². The molecule has 0 bridgehead atoms. The number of aliphatic hydroxyl groups is 1. The number of ether oxygens (including phenoxy) is 1. The average molecular weight is 212 g/mol. The van der Waals surface area contributed by atoms with Crippen LogP contribution in [0.3, 0.4) is 0 Å². The molecule has 2 unspecified atom stereocenters. The third-order valence-corrected chi connectivity index (χ3v) is 3.83. The van der Waals surface area contributed by atoms with Gasteiger partial charge in [0.15, 0.2) is 0 Å². The Morgan fingerprint density at radius 3 is 3.14 bits per heavy atom. The lowest BCUT2D eigenvalue weighted by atomic mass is 10.1. The third-order valence-electron chi connectivity index (χ3n) is 2.71. The molecule has 2 atom stereocenters. The van der Waals surface area contributed by atoms with Crippen molar-refractivity contribution >= 4 is 11.3 Å². The maximum absolute atomic E-state index is 9.98. The lowest BCUT2D eigenvalue weighted by Crippen LogP contribution is -2.10. The van der Waals surface area contributed by atoms with Crippen LogP contribution in [0, 0.1) is 6.92 Å². The van der Waals surface area contributed by atoms with Gasteiger partial charge in [-0.2, -0.15) is 0 Å². The summed E-state index contributed by atoms with van der Waals surface area (Å²) in [6.07, 6.45) is 2.92. The van der Waals surface area contributed by atoms with Crippen molar-refractivity contribution in [2.45, 2.75) is 38.4 Å². The third kappa shape index (κ3) is 2.16. The van der Waals surface area contributed by atoms with Crippen LogP contribution in [0.25, 0.3) is 0 Å². The van der Waals surface area contributed by atoms with Gasteiger partial charge in [-0.15, -0.1) is 11.3 Å². The zero-order valence-electron chi connectivity index (χ0n) is 8.40. The summed E-state index contributed by atoms with van der Waals surface area (Å²) in [5, 5.41) is 12.0. The Labute approximate surface area is 88.5 Å². The molecule has 1 aliphatic rings. The van der Waals surface area contributed by atoms with E-state index in [0.29, 0.717) is 0 Å². The predicted octanol–water partition coefficient (Wildman–Crippen LogP) is 2.66. The van der Waals surface area contributed by atoms with Gasteiger partial charge in [-0.1, -0.05) is 0 Å². The molecule has 1 saturated heterocycles. The van der Waals surface area contributed by atoms with Crippen molar-refractivity contribution in [3.8, 4) is 0 Å². The normalized spacial score (nSPS) is 24.0. The van der Waals surface area contributed by atoms with Crippen molar-refractivity contribution in [3.63, 3.8) is 0 Å². The lowest BCUT2D eigenvalue weighted by Gasteiger charge is -2.14. The molecule has 1 aliphatic heterocycles. The largest absolute Gasteiger partial charge is 0.387 e. The fourth-order valence-electron chi connectivity index (χ4n) is 1.91. The Hall–Kier alpha value is -0.380. The Bertz CT molecular complexity index is 289. The van der Waals surface area contributed by atoms with Gasteiger partial charge in [0, 0.05) is 17.9 Å². The van der Waals surface area contributed by atoms with Crippen LogP contribution in [0.15, 0.2) is 11.4 Å². The number of hydrogen-bond acceptors (Lipinski definition) is 3. The van der Waals surface area contributed by atoms with Gasteiger partial charge in [-0.25, -0.2) is 0 Å². The first-order chi connectivity index (χ1) is 6.77. The zero-order chi connectivity index (χ0) is 9.97. The van der Waals surface area contributed by atoms with E-state index in [-0.39, 0.29) is 12.2 Å². The summed E-state index contributed by atoms with van der Waals surface area (Å²) in [5.74, 6) is 0. The minimum absolute atomic E-state index is 0.270. The molecule has 3 heteroatoms. The van der Waals surface area contributed by atoms with E-state index in [2.05, 4.69) is 6.07 Å². The van der Waals surface area contributed by atoms with Crippen LogP contribution in [0.4, 0.5) is 0 Å². The highest BCUT2D eigenvalue weighted by Gasteiger charge is 2.21. The highest BCUT2D eigenvalue weighted by Crippen LogP contribution is 2.30. The minimum Gasteiger partial charge on any atom is -0.387 e. The molecule has 1 fully saturated rings. The first-order valence-electron chi connectivity index (χ1n) is 5.11. The van der Waals surface area contributed by atoms with Crippen molar-refractivity contribution in [2.75, 3.05) is 6.61 Å². The molecule has 1 aromatic rings. The van der Waals surface area contributed by atoms with Gasteiger partial charge >= 0.3 is 0 Å². The van der Waals surface area contributed by atoms with Gasteiger partial charge in [-0.3, -0.25) is 0 Å². The quantitative estimate of drug-likeness (QED) is 0.834. The molecule has 1 N–H and O–H groups in total. The summed E-state index contributed by atoms with van der Waals surface area (Å²) < 4.78 is 5.51. The Kier molecular flexibility index (Phi) is 3.21. The average Bonchev–Trinajstić information content (AvgIpc) is 2.75. The number of hydrogen-bond donors (Lipinski definition) is 1. The standard InChI is InChI=1S/C11H16O2S/c1-8-4-6-14-11(8)10(12)7-9-3-2-5-13-9/h4,6,9-10,12H,2-3,5,7H2,1H3. The highest BCUT2D eigenvalue weighted by atomic mass is 32.1. The molecule has 2 rings (SSSR count). The summed E-state index contributed by atoms with van der Waals surface area (Å²) >= 11 is 1.64.